The second-order valence-electron chi connectivity index (χ2n) is 6.54. The van der Waals surface area contributed by atoms with E-state index in [-0.39, 0.29) is 18.2 Å². The smallest absolute Gasteiger partial charge is 0.227 e. The Morgan fingerprint density at radius 1 is 1.19 bits per heavy atom. The highest BCUT2D eigenvalue weighted by molar-refractivity contribution is 5.80. The molecular weight excluding hydrogens is 332 g/mol. The average molecular weight is 356 g/mol. The van der Waals surface area contributed by atoms with E-state index in [9.17, 15) is 9.90 Å². The highest BCUT2D eigenvalue weighted by Gasteiger charge is 2.34. The summed E-state index contributed by atoms with van der Waals surface area (Å²) >= 11 is 0. The van der Waals surface area contributed by atoms with Crippen molar-refractivity contribution in [1.29, 1.82) is 0 Å². The maximum absolute atomic E-state index is 12.7. The molecule has 1 N–H and O–H groups in total. The van der Waals surface area contributed by atoms with Crippen LogP contribution in [-0.4, -0.2) is 54.3 Å². The Kier molecular flexibility index (Phi) is 5.73. The Balaban J connectivity index is 1.64. The summed E-state index contributed by atoms with van der Waals surface area (Å²) in [7, 11) is 3.17. The largest absolute Gasteiger partial charge is 0.497 e. The Morgan fingerprint density at radius 3 is 2.65 bits per heavy atom. The molecule has 0 saturated carbocycles. The van der Waals surface area contributed by atoms with Gasteiger partial charge in [-0.2, -0.15) is 0 Å². The fourth-order valence-corrected chi connectivity index (χ4v) is 3.35. The first-order valence-electron chi connectivity index (χ1n) is 8.66. The summed E-state index contributed by atoms with van der Waals surface area (Å²) < 4.78 is 10.6. The SMILES string of the molecule is COc1ccc(CC(=O)N2C[C@@H](Cc3ccncc3)[C@@H](O)C2)c(OC)c1. The normalized spacial score (nSPS) is 19.4. The average Bonchev–Trinajstić information content (AvgIpc) is 3.03. The minimum Gasteiger partial charge on any atom is -0.497 e. The molecule has 3 rings (SSSR count). The molecule has 1 aromatic heterocycles. The number of ether oxygens (including phenoxy) is 2. The monoisotopic (exact) mass is 356 g/mol. The minimum atomic E-state index is -0.509. The summed E-state index contributed by atoms with van der Waals surface area (Å²) in [4.78, 5) is 18.4. The van der Waals surface area contributed by atoms with E-state index < -0.39 is 6.10 Å². The molecule has 2 atom stereocenters. The van der Waals surface area contributed by atoms with Crippen molar-refractivity contribution in [2.45, 2.75) is 18.9 Å². The number of carbonyl (C=O) groups excluding carboxylic acids is 1. The van der Waals surface area contributed by atoms with Crippen LogP contribution in [0.5, 0.6) is 11.5 Å². The highest BCUT2D eigenvalue weighted by Crippen LogP contribution is 2.27. The van der Waals surface area contributed by atoms with Crippen LogP contribution in [0.25, 0.3) is 0 Å². The second-order valence-corrected chi connectivity index (χ2v) is 6.54. The molecule has 0 radical (unpaired) electrons. The maximum atomic E-state index is 12.7. The van der Waals surface area contributed by atoms with Crippen molar-refractivity contribution in [3.8, 4) is 11.5 Å². The molecule has 1 aliphatic rings. The standard InChI is InChI=1S/C20H24N2O4/c1-25-17-4-3-15(19(11-17)26-2)10-20(24)22-12-16(18(23)13-22)9-14-5-7-21-8-6-14/h3-8,11,16,18,23H,9-10,12-13H2,1-2H3/t16-,18+/m1/s1. The third-order valence-electron chi connectivity index (χ3n) is 4.84. The Bertz CT molecular complexity index is 751. The number of aromatic nitrogens is 1. The molecule has 138 valence electrons. The number of methoxy groups -OCH3 is 2. The third kappa shape index (κ3) is 4.14. The lowest BCUT2D eigenvalue weighted by Crippen LogP contribution is -2.31. The number of nitrogens with zero attached hydrogens (tertiary/aromatic N) is 2. The van der Waals surface area contributed by atoms with Crippen LogP contribution >= 0.6 is 0 Å². The zero-order chi connectivity index (χ0) is 18.5. The van der Waals surface area contributed by atoms with Crippen molar-refractivity contribution in [3.63, 3.8) is 0 Å². The predicted octanol–water partition coefficient (Wildman–Crippen LogP) is 1.70. The van der Waals surface area contributed by atoms with E-state index in [0.717, 1.165) is 17.5 Å². The van der Waals surface area contributed by atoms with Crippen molar-refractivity contribution < 1.29 is 19.4 Å². The number of hydrogen-bond donors (Lipinski definition) is 1. The number of likely N-dealkylation sites (tertiary alicyclic amines) is 1. The van der Waals surface area contributed by atoms with Crippen molar-refractivity contribution in [2.75, 3.05) is 27.3 Å². The van der Waals surface area contributed by atoms with Gasteiger partial charge in [-0.25, -0.2) is 0 Å². The van der Waals surface area contributed by atoms with E-state index >= 15 is 0 Å². The van der Waals surface area contributed by atoms with Crippen molar-refractivity contribution in [2.24, 2.45) is 5.92 Å². The first-order chi connectivity index (χ1) is 12.6. The van der Waals surface area contributed by atoms with E-state index in [4.69, 9.17) is 9.47 Å². The van der Waals surface area contributed by atoms with Gasteiger partial charge in [-0.1, -0.05) is 6.07 Å². The molecule has 2 heterocycles. The summed E-state index contributed by atoms with van der Waals surface area (Å²) in [5.41, 5.74) is 1.93. The van der Waals surface area contributed by atoms with E-state index in [1.165, 1.54) is 0 Å². The van der Waals surface area contributed by atoms with E-state index in [2.05, 4.69) is 4.98 Å². The summed E-state index contributed by atoms with van der Waals surface area (Å²) in [5.74, 6) is 1.35. The summed E-state index contributed by atoms with van der Waals surface area (Å²) in [6.07, 6.45) is 3.96. The minimum absolute atomic E-state index is 0.00950. The molecular formula is C20H24N2O4. The van der Waals surface area contributed by atoms with Crippen LogP contribution in [0, 0.1) is 5.92 Å². The second kappa shape index (κ2) is 8.19. The number of benzene rings is 1. The number of aliphatic hydroxyl groups excluding tert-OH is 1. The summed E-state index contributed by atoms with van der Waals surface area (Å²) in [6.45, 7) is 0.924. The van der Waals surface area contributed by atoms with Crippen LogP contribution in [0.15, 0.2) is 42.7 Å². The lowest BCUT2D eigenvalue weighted by atomic mass is 9.97. The van der Waals surface area contributed by atoms with Gasteiger partial charge < -0.3 is 19.5 Å². The molecule has 1 fully saturated rings. The first-order valence-corrected chi connectivity index (χ1v) is 8.66. The third-order valence-corrected chi connectivity index (χ3v) is 4.84. The molecule has 26 heavy (non-hydrogen) atoms. The van der Waals surface area contributed by atoms with Crippen molar-refractivity contribution in [3.05, 3.63) is 53.9 Å². The van der Waals surface area contributed by atoms with Crippen LogP contribution in [-0.2, 0) is 17.6 Å². The fraction of sp³-hybridized carbons (Fsp3) is 0.400. The molecule has 6 heteroatoms. The topological polar surface area (TPSA) is 71.9 Å². The molecule has 1 amide bonds. The molecule has 1 saturated heterocycles. The Labute approximate surface area is 153 Å². The number of carbonyl (C=O) groups is 1. The van der Waals surface area contributed by atoms with Gasteiger partial charge in [0.05, 0.1) is 26.7 Å². The van der Waals surface area contributed by atoms with Gasteiger partial charge in [0.25, 0.3) is 0 Å². The molecule has 0 spiro atoms. The number of amides is 1. The molecule has 1 aliphatic heterocycles. The van der Waals surface area contributed by atoms with Gasteiger partial charge in [0, 0.05) is 43.0 Å². The van der Waals surface area contributed by atoms with Crippen LogP contribution in [0.3, 0.4) is 0 Å². The first kappa shape index (κ1) is 18.2. The number of aliphatic hydroxyl groups is 1. The Morgan fingerprint density at radius 2 is 1.96 bits per heavy atom. The van der Waals surface area contributed by atoms with Crippen LogP contribution in [0.4, 0.5) is 0 Å². The van der Waals surface area contributed by atoms with Gasteiger partial charge >= 0.3 is 0 Å². The summed E-state index contributed by atoms with van der Waals surface area (Å²) in [6, 6.07) is 9.32. The Hall–Kier alpha value is -2.60. The van der Waals surface area contributed by atoms with E-state index in [0.29, 0.717) is 24.6 Å². The van der Waals surface area contributed by atoms with Gasteiger partial charge in [-0.15, -0.1) is 0 Å². The molecule has 2 aromatic rings. The zero-order valence-electron chi connectivity index (χ0n) is 15.1. The lowest BCUT2D eigenvalue weighted by molar-refractivity contribution is -0.129. The quantitative estimate of drug-likeness (QED) is 0.853. The number of β-amino-alcohol motifs (C(OH)–C–C–N with tert-alkyl or cyclic N) is 1. The number of hydrogen-bond acceptors (Lipinski definition) is 5. The van der Waals surface area contributed by atoms with Gasteiger partial charge in [0.15, 0.2) is 0 Å². The molecule has 0 bridgehead atoms. The van der Waals surface area contributed by atoms with Crippen LogP contribution < -0.4 is 9.47 Å². The fourth-order valence-electron chi connectivity index (χ4n) is 3.35. The molecule has 6 nitrogen and oxygen atoms in total. The van der Waals surface area contributed by atoms with E-state index in [1.54, 1.807) is 37.6 Å². The van der Waals surface area contributed by atoms with Crippen molar-refractivity contribution in [1.82, 2.24) is 9.88 Å². The molecule has 0 unspecified atom stereocenters. The van der Waals surface area contributed by atoms with Gasteiger partial charge in [-0.3, -0.25) is 9.78 Å². The highest BCUT2D eigenvalue weighted by atomic mass is 16.5. The van der Waals surface area contributed by atoms with E-state index in [1.807, 2.05) is 24.3 Å². The predicted molar refractivity (Wildman–Crippen MR) is 97.3 cm³/mol. The van der Waals surface area contributed by atoms with Crippen LogP contribution in [0.1, 0.15) is 11.1 Å². The maximum Gasteiger partial charge on any atom is 0.227 e. The van der Waals surface area contributed by atoms with Crippen LogP contribution in [0.2, 0.25) is 0 Å². The number of pyridine rings is 1. The van der Waals surface area contributed by atoms with Gasteiger partial charge in [-0.05, 0) is 30.2 Å². The molecule has 1 aromatic carbocycles. The van der Waals surface area contributed by atoms with Gasteiger partial charge in [0.1, 0.15) is 11.5 Å². The van der Waals surface area contributed by atoms with Gasteiger partial charge in [0.2, 0.25) is 5.91 Å². The summed E-state index contributed by atoms with van der Waals surface area (Å²) in [5, 5.41) is 10.4. The molecule has 0 aliphatic carbocycles. The van der Waals surface area contributed by atoms with Crippen molar-refractivity contribution >= 4 is 5.91 Å². The lowest BCUT2D eigenvalue weighted by Gasteiger charge is -2.17. The number of rotatable bonds is 6. The zero-order valence-corrected chi connectivity index (χ0v) is 15.1.